The molecule has 1 heterocycles. The van der Waals surface area contributed by atoms with Crippen LogP contribution in [0.2, 0.25) is 0 Å². The number of thiol groups is 1. The van der Waals surface area contributed by atoms with Gasteiger partial charge >= 0.3 is 0 Å². The summed E-state index contributed by atoms with van der Waals surface area (Å²) in [6, 6.07) is 4.67. The summed E-state index contributed by atoms with van der Waals surface area (Å²) in [5.74, 6) is -1.31. The lowest BCUT2D eigenvalue weighted by atomic mass is 10.1. The molecule has 0 saturated carbocycles. The number of carbonyl (C=O) groups excluding carboxylic acids is 4. The van der Waals surface area contributed by atoms with Crippen molar-refractivity contribution >= 4 is 41.9 Å². The van der Waals surface area contributed by atoms with Crippen LogP contribution in [0.3, 0.4) is 0 Å². The Balaban J connectivity index is 1.69. The molecule has 1 aliphatic rings. The first-order chi connectivity index (χ1) is 11.9. The number of nitrogens with zero attached hydrogens (tertiary/aromatic N) is 1. The number of amides is 4. The number of imide groups is 1. The van der Waals surface area contributed by atoms with Crippen LogP contribution in [-0.4, -0.2) is 35.1 Å². The molecular weight excluding hydrogens is 342 g/mol. The Kier molecular flexibility index (Phi) is 6.35. The summed E-state index contributed by atoms with van der Waals surface area (Å²) in [4.78, 5) is 47.4. The molecule has 0 saturated heterocycles. The number of primary amides is 1. The van der Waals surface area contributed by atoms with Gasteiger partial charge in [0.05, 0.1) is 5.56 Å². The molecule has 1 aromatic carbocycles. The minimum Gasteiger partial charge on any atom is -0.366 e. The zero-order chi connectivity index (χ0) is 18.4. The van der Waals surface area contributed by atoms with Gasteiger partial charge in [-0.25, -0.2) is 0 Å². The van der Waals surface area contributed by atoms with E-state index in [4.69, 9.17) is 5.73 Å². The Hall–Kier alpha value is -2.61. The van der Waals surface area contributed by atoms with Crippen molar-refractivity contribution in [2.24, 2.45) is 5.73 Å². The standard InChI is InChI=1S/C17H19N3O4S/c18-17(24)12-6-5-11(10-13(12)25)19-14(21)4-2-1-3-9-20-15(22)7-8-16(20)23/h5-8,10,25H,1-4,9H2,(H2,18,24)(H,19,21). The second kappa shape index (κ2) is 8.48. The van der Waals surface area contributed by atoms with E-state index in [2.05, 4.69) is 17.9 Å². The average molecular weight is 361 g/mol. The Morgan fingerprint density at radius 2 is 1.76 bits per heavy atom. The van der Waals surface area contributed by atoms with Crippen LogP contribution in [0, 0.1) is 0 Å². The van der Waals surface area contributed by atoms with Crippen molar-refractivity contribution in [3.63, 3.8) is 0 Å². The van der Waals surface area contributed by atoms with Crippen LogP contribution in [0.4, 0.5) is 5.69 Å². The minimum absolute atomic E-state index is 0.158. The monoisotopic (exact) mass is 361 g/mol. The molecule has 0 atom stereocenters. The van der Waals surface area contributed by atoms with Gasteiger partial charge in [-0.05, 0) is 31.0 Å². The molecule has 2 rings (SSSR count). The van der Waals surface area contributed by atoms with E-state index in [1.54, 1.807) is 12.1 Å². The molecule has 7 nitrogen and oxygen atoms in total. The SMILES string of the molecule is NC(=O)c1ccc(NC(=O)CCCCCN2C(=O)C=CC2=O)cc1S. The fourth-order valence-electron chi connectivity index (χ4n) is 2.43. The number of hydrogen-bond acceptors (Lipinski definition) is 5. The molecule has 3 N–H and O–H groups in total. The highest BCUT2D eigenvalue weighted by Crippen LogP contribution is 2.19. The molecule has 25 heavy (non-hydrogen) atoms. The van der Waals surface area contributed by atoms with Crippen molar-refractivity contribution in [1.82, 2.24) is 4.90 Å². The Morgan fingerprint density at radius 3 is 2.36 bits per heavy atom. The highest BCUT2D eigenvalue weighted by Gasteiger charge is 2.22. The maximum atomic E-state index is 11.9. The summed E-state index contributed by atoms with van der Waals surface area (Å²) >= 11 is 4.17. The third-order valence-electron chi connectivity index (χ3n) is 3.73. The number of carbonyl (C=O) groups is 4. The van der Waals surface area contributed by atoms with Crippen molar-refractivity contribution in [1.29, 1.82) is 0 Å². The molecule has 132 valence electrons. The van der Waals surface area contributed by atoms with Gasteiger partial charge in [0.1, 0.15) is 0 Å². The van der Waals surface area contributed by atoms with Crippen LogP contribution in [-0.2, 0) is 14.4 Å². The predicted molar refractivity (Wildman–Crippen MR) is 95.2 cm³/mol. The summed E-state index contributed by atoms with van der Waals surface area (Å²) in [7, 11) is 0. The lowest BCUT2D eigenvalue weighted by Gasteiger charge is -2.13. The highest BCUT2D eigenvalue weighted by atomic mass is 32.1. The molecule has 0 bridgehead atoms. The fraction of sp³-hybridized carbons (Fsp3) is 0.294. The van der Waals surface area contributed by atoms with Gasteiger partial charge in [-0.3, -0.25) is 24.1 Å². The molecule has 0 radical (unpaired) electrons. The number of rotatable bonds is 8. The number of nitrogens with one attached hydrogen (secondary N) is 1. The van der Waals surface area contributed by atoms with Crippen molar-refractivity contribution in [2.45, 2.75) is 30.6 Å². The Labute approximate surface area is 150 Å². The quantitative estimate of drug-likeness (QED) is 0.370. The van der Waals surface area contributed by atoms with Gasteiger partial charge in [0.2, 0.25) is 11.8 Å². The van der Waals surface area contributed by atoms with Crippen LogP contribution >= 0.6 is 12.6 Å². The van der Waals surface area contributed by atoms with Crippen molar-refractivity contribution in [3.8, 4) is 0 Å². The fourth-order valence-corrected chi connectivity index (χ4v) is 2.75. The number of unbranched alkanes of at least 4 members (excludes halogenated alkanes) is 2. The van der Waals surface area contributed by atoms with E-state index >= 15 is 0 Å². The molecule has 0 fully saturated rings. The van der Waals surface area contributed by atoms with Gasteiger partial charge in [0.25, 0.3) is 11.8 Å². The van der Waals surface area contributed by atoms with E-state index in [0.717, 1.165) is 6.42 Å². The maximum Gasteiger partial charge on any atom is 0.253 e. The third-order valence-corrected chi connectivity index (χ3v) is 4.10. The number of hydrogen-bond donors (Lipinski definition) is 3. The summed E-state index contributed by atoms with van der Waals surface area (Å²) in [6.07, 6.45) is 4.86. The summed E-state index contributed by atoms with van der Waals surface area (Å²) in [6.45, 7) is 0.365. The normalized spacial score (nSPS) is 13.4. The molecule has 0 aromatic heterocycles. The largest absolute Gasteiger partial charge is 0.366 e. The van der Waals surface area contributed by atoms with E-state index in [9.17, 15) is 19.2 Å². The average Bonchev–Trinajstić information content (AvgIpc) is 2.86. The molecule has 1 aromatic rings. The predicted octanol–water partition coefficient (Wildman–Crippen LogP) is 1.50. The molecule has 4 amide bonds. The van der Waals surface area contributed by atoms with E-state index in [1.807, 2.05) is 0 Å². The Morgan fingerprint density at radius 1 is 1.08 bits per heavy atom. The third kappa shape index (κ3) is 5.18. The minimum atomic E-state index is -0.576. The van der Waals surface area contributed by atoms with Crippen LogP contribution in [0.25, 0.3) is 0 Å². The molecule has 8 heteroatoms. The van der Waals surface area contributed by atoms with E-state index < -0.39 is 5.91 Å². The van der Waals surface area contributed by atoms with Crippen molar-refractivity contribution in [2.75, 3.05) is 11.9 Å². The molecule has 0 aliphatic carbocycles. The van der Waals surface area contributed by atoms with Crippen LogP contribution in [0.15, 0.2) is 35.2 Å². The molecule has 0 unspecified atom stereocenters. The summed E-state index contributed by atoms with van der Waals surface area (Å²) < 4.78 is 0. The smallest absolute Gasteiger partial charge is 0.253 e. The Bertz CT molecular complexity index is 727. The van der Waals surface area contributed by atoms with Crippen LogP contribution in [0.1, 0.15) is 36.0 Å². The number of anilines is 1. The van der Waals surface area contributed by atoms with Crippen LogP contribution in [0.5, 0.6) is 0 Å². The highest BCUT2D eigenvalue weighted by molar-refractivity contribution is 7.80. The second-order valence-corrected chi connectivity index (χ2v) is 6.10. The first-order valence-electron chi connectivity index (χ1n) is 7.84. The van der Waals surface area contributed by atoms with Gasteiger partial charge < -0.3 is 11.1 Å². The molecule has 0 spiro atoms. The second-order valence-electron chi connectivity index (χ2n) is 5.62. The molecular formula is C17H19N3O4S. The van der Waals surface area contributed by atoms with E-state index in [0.29, 0.717) is 42.0 Å². The van der Waals surface area contributed by atoms with Gasteiger partial charge in [0, 0.05) is 35.7 Å². The van der Waals surface area contributed by atoms with Gasteiger partial charge in [-0.1, -0.05) is 6.42 Å². The van der Waals surface area contributed by atoms with E-state index in [-0.39, 0.29) is 17.7 Å². The lowest BCUT2D eigenvalue weighted by molar-refractivity contribution is -0.136. The van der Waals surface area contributed by atoms with Crippen LogP contribution < -0.4 is 11.1 Å². The lowest BCUT2D eigenvalue weighted by Crippen LogP contribution is -2.30. The van der Waals surface area contributed by atoms with Crippen molar-refractivity contribution < 1.29 is 19.2 Å². The first-order valence-corrected chi connectivity index (χ1v) is 8.29. The summed E-state index contributed by atoms with van der Waals surface area (Å²) in [5, 5.41) is 2.73. The maximum absolute atomic E-state index is 11.9. The van der Waals surface area contributed by atoms with Gasteiger partial charge in [0.15, 0.2) is 0 Å². The first kappa shape index (κ1) is 18.7. The van der Waals surface area contributed by atoms with Crippen molar-refractivity contribution in [3.05, 3.63) is 35.9 Å². The summed E-state index contributed by atoms with van der Waals surface area (Å²) in [5.41, 5.74) is 6.03. The zero-order valence-electron chi connectivity index (χ0n) is 13.5. The number of nitrogens with two attached hydrogens (primary N) is 1. The van der Waals surface area contributed by atoms with Gasteiger partial charge in [-0.15, -0.1) is 12.6 Å². The van der Waals surface area contributed by atoms with E-state index in [1.165, 1.54) is 23.1 Å². The van der Waals surface area contributed by atoms with Gasteiger partial charge in [-0.2, -0.15) is 0 Å². The zero-order valence-corrected chi connectivity index (χ0v) is 14.4. The number of benzene rings is 1. The topological polar surface area (TPSA) is 110 Å². The molecule has 1 aliphatic heterocycles.